The number of carbonyl (C=O) groups excluding carboxylic acids is 13. The standard InChI is InChI=1S/C73H132N20O17/c1-40(2)56(70(106)83-45(9)73(109)110)90-66(102)53(27-15-21-37-78)87-65(101)52(26-14-20-36-77)88-68(104)55(39-47-29-31-48(95)32-30-47)89-72(108)59(46(10)94)93-61(97)44(8)81-60(96)43(7)82-69(105)57(41(3)4)92-71(107)58(42(5)6)91-67(103)54(28-16-22-38-79)86-64(100)51(25-13-19-35-76)85-63(99)50(24-12-18-34-75)84-62(98)49(80)23-11-17-33-74/h29-32,40-46,49-59,94-95H,11-28,33-39,74-80H2,1-10H3,(H,81,96)(H,82,105)(H,83,106)(H,84,98)(H,85,99)(H,86,100)(H,87,101)(H,88,104)(H,89,108)(H,90,102)(H,91,103)(H,92,107)(H,93,97)(H,109,110)/t43-,44-,45-,46+,49-,50-,51-,52-,53-,54-,55-,56-,57-,58-,59-/m0/s1. The molecule has 0 unspecified atom stereocenters. The molecule has 1 rings (SSSR count). The predicted octanol–water partition coefficient (Wildman–Crippen LogP) is -4.17. The maximum atomic E-state index is 14.6. The van der Waals surface area contributed by atoms with Gasteiger partial charge in [0.25, 0.3) is 0 Å². The summed E-state index contributed by atoms with van der Waals surface area (Å²) in [5.41, 5.74) is 41.1. The molecule has 0 bridgehead atoms. The molecule has 0 aliphatic heterocycles. The van der Waals surface area contributed by atoms with Crippen molar-refractivity contribution in [2.75, 3.05) is 39.3 Å². The summed E-state index contributed by atoms with van der Waals surface area (Å²) in [5, 5.41) is 64.3. The van der Waals surface area contributed by atoms with Gasteiger partial charge in [-0.1, -0.05) is 60.1 Å². The Morgan fingerprint density at radius 3 is 0.864 bits per heavy atom. The molecule has 30 N–H and O–H groups in total. The first-order valence-electron chi connectivity index (χ1n) is 38.5. The summed E-state index contributed by atoms with van der Waals surface area (Å²) in [7, 11) is 0. The zero-order valence-corrected chi connectivity index (χ0v) is 66.0. The molecule has 0 aromatic heterocycles. The van der Waals surface area contributed by atoms with E-state index >= 15 is 0 Å². The number of phenolic OH excluding ortho intramolecular Hbond substituents is 1. The van der Waals surface area contributed by atoms with Crippen LogP contribution in [0.1, 0.15) is 190 Å². The van der Waals surface area contributed by atoms with Crippen LogP contribution >= 0.6 is 0 Å². The Balaban J connectivity index is 3.46. The van der Waals surface area contributed by atoms with Crippen LogP contribution in [0.25, 0.3) is 0 Å². The quantitative estimate of drug-likeness (QED) is 0.0275. The summed E-state index contributed by atoms with van der Waals surface area (Å²) < 4.78 is 0. The molecule has 0 heterocycles. The molecule has 1 aromatic rings. The van der Waals surface area contributed by atoms with Crippen molar-refractivity contribution in [2.45, 2.75) is 282 Å². The predicted molar refractivity (Wildman–Crippen MR) is 413 cm³/mol. The van der Waals surface area contributed by atoms with Crippen molar-refractivity contribution in [3.05, 3.63) is 29.8 Å². The number of nitrogens with one attached hydrogen (secondary N) is 13. The van der Waals surface area contributed by atoms with Gasteiger partial charge in [0, 0.05) is 6.42 Å². The topological polar surface area (TPSA) is 638 Å². The van der Waals surface area contributed by atoms with Gasteiger partial charge in [0.2, 0.25) is 76.8 Å². The fourth-order valence-electron chi connectivity index (χ4n) is 11.3. The molecule has 1 aromatic carbocycles. The van der Waals surface area contributed by atoms with Crippen LogP contribution in [0.15, 0.2) is 24.3 Å². The van der Waals surface area contributed by atoms with Gasteiger partial charge >= 0.3 is 5.97 Å². The first-order valence-corrected chi connectivity index (χ1v) is 38.5. The summed E-state index contributed by atoms with van der Waals surface area (Å²) in [5.74, 6) is -14.0. The summed E-state index contributed by atoms with van der Waals surface area (Å²) in [6.45, 7) is 16.4. The average Bonchev–Trinajstić information content (AvgIpc) is 0.842. The van der Waals surface area contributed by atoms with Crippen LogP contribution in [-0.4, -0.2) is 228 Å². The largest absolute Gasteiger partial charge is 0.508 e. The fourth-order valence-corrected chi connectivity index (χ4v) is 11.3. The number of amides is 13. The molecule has 37 nitrogen and oxygen atoms in total. The number of carbonyl (C=O) groups is 14. The first kappa shape index (κ1) is 99.3. The van der Waals surface area contributed by atoms with Gasteiger partial charge in [-0.25, -0.2) is 0 Å². The molecule has 13 amide bonds. The number of aliphatic hydroxyl groups excluding tert-OH is 1. The van der Waals surface area contributed by atoms with E-state index in [1.807, 2.05) is 0 Å². The van der Waals surface area contributed by atoms with Crippen molar-refractivity contribution in [3.8, 4) is 5.75 Å². The maximum absolute atomic E-state index is 14.6. The number of phenols is 1. The number of nitrogens with two attached hydrogens (primary N) is 7. The highest BCUT2D eigenvalue weighted by atomic mass is 16.4. The second-order valence-corrected chi connectivity index (χ2v) is 29.0. The Morgan fingerprint density at radius 2 is 0.545 bits per heavy atom. The Morgan fingerprint density at radius 1 is 0.300 bits per heavy atom. The first-order chi connectivity index (χ1) is 51.9. The molecule has 0 saturated carbocycles. The van der Waals surface area contributed by atoms with Crippen LogP contribution in [0, 0.1) is 17.8 Å². The number of carboxylic acid groups (broad SMARTS) is 1. The summed E-state index contributed by atoms with van der Waals surface area (Å²) in [4.78, 5) is 194. The van der Waals surface area contributed by atoms with E-state index in [-0.39, 0.29) is 76.9 Å². The number of carboxylic acids is 1. The number of rotatable bonds is 57. The van der Waals surface area contributed by atoms with E-state index in [1.165, 1.54) is 52.0 Å². The molecule has 37 heteroatoms. The van der Waals surface area contributed by atoms with E-state index < -0.39 is 191 Å². The van der Waals surface area contributed by atoms with E-state index in [0.29, 0.717) is 95.7 Å². The van der Waals surface area contributed by atoms with E-state index in [9.17, 15) is 82.4 Å². The second-order valence-electron chi connectivity index (χ2n) is 29.0. The maximum Gasteiger partial charge on any atom is 0.325 e. The molecule has 0 radical (unpaired) electrons. The molecular formula is C73H132N20O17. The highest BCUT2D eigenvalue weighted by molar-refractivity contribution is 6.00. The lowest BCUT2D eigenvalue weighted by molar-refractivity contribution is -0.142. The van der Waals surface area contributed by atoms with Gasteiger partial charge in [-0.3, -0.25) is 67.1 Å². The summed E-state index contributed by atoms with van der Waals surface area (Å²) in [6.07, 6.45) is 4.12. The van der Waals surface area contributed by atoms with Crippen molar-refractivity contribution in [3.63, 3.8) is 0 Å². The number of unbranched alkanes of at least 4 members (excludes halogenated alkanes) is 6. The fraction of sp³-hybridized carbons (Fsp3) is 0.726. The van der Waals surface area contributed by atoms with Gasteiger partial charge < -0.3 is 125 Å². The van der Waals surface area contributed by atoms with Crippen LogP contribution < -0.4 is 109 Å². The SMILES string of the molecule is CC(C)[C@H](NC(=O)[C@H](CCCCN)NC(=O)[C@H](CCCCN)NC(=O)[C@H](Cc1ccc(O)cc1)NC(=O)[C@@H](NC(=O)[C@H](C)NC(=O)[C@H](C)NC(=O)[C@@H](NC(=O)[C@@H](NC(=O)[C@H](CCCCN)NC(=O)[C@H](CCCCN)NC(=O)[C@H](CCCCN)NC(=O)[C@@H](N)CCCCN)C(C)C)C(C)C)[C@@H](C)O)C(=O)N[C@@H](C)C(=O)O. The third-order valence-corrected chi connectivity index (χ3v) is 18.3. The van der Waals surface area contributed by atoms with Gasteiger partial charge in [-0.05, 0) is 212 Å². The molecular weight excluding hydrogens is 1430 g/mol. The monoisotopic (exact) mass is 1560 g/mol. The van der Waals surface area contributed by atoms with Gasteiger partial charge in [-0.15, -0.1) is 0 Å². The number of hydrogen-bond acceptors (Lipinski definition) is 23. The lowest BCUT2D eigenvalue weighted by Gasteiger charge is -2.30. The summed E-state index contributed by atoms with van der Waals surface area (Å²) >= 11 is 0. The lowest BCUT2D eigenvalue weighted by atomic mass is 9.98. The minimum absolute atomic E-state index is 0.0283. The van der Waals surface area contributed by atoms with E-state index in [1.54, 1.807) is 41.5 Å². The van der Waals surface area contributed by atoms with Crippen LogP contribution in [-0.2, 0) is 73.5 Å². The molecule has 15 atom stereocenters. The van der Waals surface area contributed by atoms with Gasteiger partial charge in [-0.2, -0.15) is 0 Å². The third kappa shape index (κ3) is 37.8. The molecule has 0 aliphatic rings. The zero-order chi connectivity index (χ0) is 83.3. The van der Waals surface area contributed by atoms with Crippen molar-refractivity contribution in [1.82, 2.24) is 69.1 Å². The van der Waals surface area contributed by atoms with Crippen molar-refractivity contribution >= 4 is 82.8 Å². The zero-order valence-electron chi connectivity index (χ0n) is 66.0. The van der Waals surface area contributed by atoms with Gasteiger partial charge in [0.1, 0.15) is 84.3 Å². The van der Waals surface area contributed by atoms with Crippen molar-refractivity contribution in [1.29, 1.82) is 0 Å². The van der Waals surface area contributed by atoms with Crippen LogP contribution in [0.4, 0.5) is 0 Å². The molecule has 0 saturated heterocycles. The number of aliphatic carboxylic acids is 1. The van der Waals surface area contributed by atoms with Crippen molar-refractivity contribution in [2.24, 2.45) is 57.9 Å². The Labute approximate surface area is 646 Å². The number of aliphatic hydroxyl groups is 1. The molecule has 110 heavy (non-hydrogen) atoms. The minimum Gasteiger partial charge on any atom is -0.508 e. The van der Waals surface area contributed by atoms with E-state index in [0.717, 1.165) is 0 Å². The molecule has 0 aliphatic carbocycles. The Hall–Kier alpha value is -8.72. The molecule has 0 spiro atoms. The van der Waals surface area contributed by atoms with Crippen LogP contribution in [0.3, 0.4) is 0 Å². The molecule has 626 valence electrons. The van der Waals surface area contributed by atoms with E-state index in [4.69, 9.17) is 40.1 Å². The van der Waals surface area contributed by atoms with Gasteiger partial charge in [0.15, 0.2) is 0 Å². The lowest BCUT2D eigenvalue weighted by Crippen LogP contribution is -2.62. The highest BCUT2D eigenvalue weighted by Gasteiger charge is 2.39. The van der Waals surface area contributed by atoms with Gasteiger partial charge in [0.05, 0.1) is 12.1 Å². The number of hydrogen-bond donors (Lipinski definition) is 23. The second kappa shape index (κ2) is 54.0. The van der Waals surface area contributed by atoms with Crippen molar-refractivity contribution < 1.29 is 82.4 Å². The number of aromatic hydroxyl groups is 1. The third-order valence-electron chi connectivity index (χ3n) is 18.3. The molecule has 0 fully saturated rings. The highest BCUT2D eigenvalue weighted by Crippen LogP contribution is 2.17. The Kier molecular flexibility index (Phi) is 48.8. The summed E-state index contributed by atoms with van der Waals surface area (Å²) in [6, 6.07) is -13.0. The minimum atomic E-state index is -1.81. The van der Waals surface area contributed by atoms with Crippen LogP contribution in [0.5, 0.6) is 5.75 Å². The normalized spacial score (nSPS) is 15.5. The van der Waals surface area contributed by atoms with E-state index in [2.05, 4.69) is 69.1 Å². The van der Waals surface area contributed by atoms with Crippen LogP contribution in [0.2, 0.25) is 0 Å². The number of benzene rings is 1. The Bertz CT molecular complexity index is 3060. The average molecular weight is 1560 g/mol. The smallest absolute Gasteiger partial charge is 0.325 e.